The van der Waals surface area contributed by atoms with E-state index in [4.69, 9.17) is 5.73 Å². The topological polar surface area (TPSA) is 29.3 Å². The molecule has 1 saturated carbocycles. The van der Waals surface area contributed by atoms with Crippen LogP contribution in [0.2, 0.25) is 0 Å². The van der Waals surface area contributed by atoms with Crippen LogP contribution in [0.15, 0.2) is 0 Å². The molecule has 1 rings (SSSR count). The monoisotopic (exact) mass is 240 g/mol. The van der Waals surface area contributed by atoms with Gasteiger partial charge in [-0.25, -0.2) is 0 Å². The summed E-state index contributed by atoms with van der Waals surface area (Å²) in [7, 11) is 2.29. The first-order valence-electron chi connectivity index (χ1n) is 7.37. The van der Waals surface area contributed by atoms with Gasteiger partial charge in [-0.1, -0.05) is 40.5 Å². The predicted octanol–water partition coefficient (Wildman–Crippen LogP) is 3.12. The highest BCUT2D eigenvalue weighted by Crippen LogP contribution is 2.40. The van der Waals surface area contributed by atoms with E-state index >= 15 is 0 Å². The molecule has 0 bridgehead atoms. The summed E-state index contributed by atoms with van der Waals surface area (Å²) in [4.78, 5) is 2.57. The molecular formula is C15H32N2. The second-order valence-corrected chi connectivity index (χ2v) is 6.49. The maximum Gasteiger partial charge on any atom is 0.0356 e. The first-order chi connectivity index (χ1) is 7.96. The van der Waals surface area contributed by atoms with Crippen LogP contribution in [0.3, 0.4) is 0 Å². The third-order valence-corrected chi connectivity index (χ3v) is 5.11. The van der Waals surface area contributed by atoms with Crippen LogP contribution >= 0.6 is 0 Å². The van der Waals surface area contributed by atoms with Crippen LogP contribution in [0.5, 0.6) is 0 Å². The molecule has 0 spiro atoms. The summed E-state index contributed by atoms with van der Waals surface area (Å²) < 4.78 is 0. The lowest BCUT2D eigenvalue weighted by atomic mass is 9.68. The Kier molecular flexibility index (Phi) is 5.46. The molecule has 0 aromatic heterocycles. The minimum Gasteiger partial charge on any atom is -0.329 e. The summed E-state index contributed by atoms with van der Waals surface area (Å²) in [5.41, 5.74) is 6.42. The van der Waals surface area contributed by atoms with Crippen molar-refractivity contribution in [2.24, 2.45) is 23.5 Å². The molecular weight excluding hydrogens is 208 g/mol. The first kappa shape index (κ1) is 15.0. The van der Waals surface area contributed by atoms with E-state index in [1.54, 1.807) is 0 Å². The van der Waals surface area contributed by atoms with Gasteiger partial charge >= 0.3 is 0 Å². The van der Waals surface area contributed by atoms with Gasteiger partial charge in [0.15, 0.2) is 0 Å². The Labute approximate surface area is 108 Å². The van der Waals surface area contributed by atoms with Crippen LogP contribution < -0.4 is 5.73 Å². The van der Waals surface area contributed by atoms with E-state index in [0.29, 0.717) is 0 Å². The molecule has 0 amide bonds. The van der Waals surface area contributed by atoms with Gasteiger partial charge in [0, 0.05) is 18.6 Å². The number of likely N-dealkylation sites (N-methyl/N-ethyl adjacent to an activating group) is 1. The lowest BCUT2D eigenvalue weighted by molar-refractivity contribution is 0.00610. The molecule has 0 heterocycles. The van der Waals surface area contributed by atoms with Gasteiger partial charge < -0.3 is 5.73 Å². The normalized spacial score (nSPS) is 36.2. The minimum absolute atomic E-state index is 0.251. The van der Waals surface area contributed by atoms with Crippen LogP contribution in [0.25, 0.3) is 0 Å². The van der Waals surface area contributed by atoms with Crippen molar-refractivity contribution in [1.82, 2.24) is 4.90 Å². The number of hydrogen-bond donors (Lipinski definition) is 1. The molecule has 0 aromatic carbocycles. The Morgan fingerprint density at radius 2 is 2.00 bits per heavy atom. The summed E-state index contributed by atoms with van der Waals surface area (Å²) in [6, 6.07) is 0. The predicted molar refractivity (Wildman–Crippen MR) is 76.0 cm³/mol. The zero-order valence-corrected chi connectivity index (χ0v) is 12.5. The average molecular weight is 240 g/mol. The van der Waals surface area contributed by atoms with Gasteiger partial charge in [-0.3, -0.25) is 4.90 Å². The van der Waals surface area contributed by atoms with Gasteiger partial charge in [0.2, 0.25) is 0 Å². The highest BCUT2D eigenvalue weighted by atomic mass is 15.2. The Morgan fingerprint density at radius 1 is 1.35 bits per heavy atom. The lowest BCUT2D eigenvalue weighted by Gasteiger charge is -2.51. The maximum atomic E-state index is 6.17. The second-order valence-electron chi connectivity index (χ2n) is 6.49. The van der Waals surface area contributed by atoms with E-state index < -0.39 is 0 Å². The van der Waals surface area contributed by atoms with E-state index in [1.165, 1.54) is 32.2 Å². The third-order valence-electron chi connectivity index (χ3n) is 5.11. The molecule has 1 fully saturated rings. The Hall–Kier alpha value is -0.0800. The number of hydrogen-bond acceptors (Lipinski definition) is 2. The number of rotatable bonds is 5. The van der Waals surface area contributed by atoms with Gasteiger partial charge in [0.25, 0.3) is 0 Å². The molecule has 102 valence electrons. The van der Waals surface area contributed by atoms with Crippen molar-refractivity contribution in [1.29, 1.82) is 0 Å². The van der Waals surface area contributed by atoms with Crippen molar-refractivity contribution in [2.45, 2.75) is 58.9 Å². The van der Waals surface area contributed by atoms with Crippen molar-refractivity contribution in [3.8, 4) is 0 Å². The summed E-state index contributed by atoms with van der Waals surface area (Å²) in [6.45, 7) is 11.4. The summed E-state index contributed by atoms with van der Waals surface area (Å²) >= 11 is 0. The smallest absolute Gasteiger partial charge is 0.0356 e. The van der Waals surface area contributed by atoms with Crippen molar-refractivity contribution < 1.29 is 0 Å². The SMILES string of the molecule is CCC(C)CN(C)C1(CN)CC(C)CCC1C. The molecule has 17 heavy (non-hydrogen) atoms. The molecule has 0 radical (unpaired) electrons. The highest BCUT2D eigenvalue weighted by Gasteiger charge is 2.42. The van der Waals surface area contributed by atoms with E-state index in [2.05, 4.69) is 39.6 Å². The zero-order chi connectivity index (χ0) is 13.1. The first-order valence-corrected chi connectivity index (χ1v) is 7.37. The van der Waals surface area contributed by atoms with Crippen molar-refractivity contribution in [3.63, 3.8) is 0 Å². The Balaban J connectivity index is 2.77. The minimum atomic E-state index is 0.251. The van der Waals surface area contributed by atoms with Crippen LogP contribution in [0, 0.1) is 17.8 Å². The molecule has 2 heteroatoms. The molecule has 4 unspecified atom stereocenters. The van der Waals surface area contributed by atoms with E-state index in [0.717, 1.165) is 24.3 Å². The molecule has 1 aliphatic carbocycles. The quantitative estimate of drug-likeness (QED) is 0.800. The second kappa shape index (κ2) is 6.19. The molecule has 1 aliphatic rings. The molecule has 0 aromatic rings. The molecule has 2 N–H and O–H groups in total. The molecule has 2 nitrogen and oxygen atoms in total. The van der Waals surface area contributed by atoms with Gasteiger partial charge in [-0.15, -0.1) is 0 Å². The fourth-order valence-corrected chi connectivity index (χ4v) is 3.46. The van der Waals surface area contributed by atoms with E-state index in [1.807, 2.05) is 0 Å². The Bertz CT molecular complexity index is 229. The molecule has 0 aliphatic heterocycles. The van der Waals surface area contributed by atoms with Crippen LogP contribution in [-0.2, 0) is 0 Å². The van der Waals surface area contributed by atoms with Gasteiger partial charge in [0.1, 0.15) is 0 Å². The van der Waals surface area contributed by atoms with E-state index in [-0.39, 0.29) is 5.54 Å². The largest absolute Gasteiger partial charge is 0.329 e. The van der Waals surface area contributed by atoms with Gasteiger partial charge in [0.05, 0.1) is 0 Å². The zero-order valence-electron chi connectivity index (χ0n) is 12.5. The summed E-state index contributed by atoms with van der Waals surface area (Å²) in [5, 5.41) is 0. The van der Waals surface area contributed by atoms with Crippen molar-refractivity contribution in [3.05, 3.63) is 0 Å². The van der Waals surface area contributed by atoms with Crippen LogP contribution in [0.1, 0.15) is 53.4 Å². The van der Waals surface area contributed by atoms with Gasteiger partial charge in [-0.2, -0.15) is 0 Å². The molecule has 4 atom stereocenters. The third kappa shape index (κ3) is 3.23. The fourth-order valence-electron chi connectivity index (χ4n) is 3.46. The van der Waals surface area contributed by atoms with Crippen LogP contribution in [-0.4, -0.2) is 30.6 Å². The van der Waals surface area contributed by atoms with E-state index in [9.17, 15) is 0 Å². The van der Waals surface area contributed by atoms with Crippen molar-refractivity contribution in [2.75, 3.05) is 20.1 Å². The maximum absolute atomic E-state index is 6.17. The Morgan fingerprint density at radius 3 is 2.53 bits per heavy atom. The van der Waals surface area contributed by atoms with Crippen LogP contribution in [0.4, 0.5) is 0 Å². The average Bonchev–Trinajstić information content (AvgIpc) is 2.31. The number of nitrogens with two attached hydrogens (primary N) is 1. The number of nitrogens with zero attached hydrogens (tertiary/aromatic N) is 1. The van der Waals surface area contributed by atoms with Crippen molar-refractivity contribution >= 4 is 0 Å². The molecule has 0 saturated heterocycles. The summed E-state index contributed by atoms with van der Waals surface area (Å²) in [6.07, 6.45) is 5.25. The standard InChI is InChI=1S/C15H32N2/c1-6-12(2)10-17(5)15(11-16)9-13(3)7-8-14(15)4/h12-14H,6-11,16H2,1-5H3. The van der Waals surface area contributed by atoms with Gasteiger partial charge in [-0.05, 0) is 37.6 Å². The fraction of sp³-hybridized carbons (Fsp3) is 1.00. The summed E-state index contributed by atoms with van der Waals surface area (Å²) in [5.74, 6) is 2.33. The lowest BCUT2D eigenvalue weighted by Crippen LogP contribution is -2.59. The highest BCUT2D eigenvalue weighted by molar-refractivity contribution is 4.99.